The number of rotatable bonds is 4. The second-order valence-corrected chi connectivity index (χ2v) is 5.80. The Kier molecular flexibility index (Phi) is 4.67. The van der Waals surface area contributed by atoms with Crippen LogP contribution in [0.1, 0.15) is 11.3 Å². The van der Waals surface area contributed by atoms with E-state index in [2.05, 4.69) is 37.2 Å². The number of carbonyl (C=O) groups is 1. The van der Waals surface area contributed by atoms with Crippen LogP contribution in [0, 0.1) is 11.8 Å². The van der Waals surface area contributed by atoms with Gasteiger partial charge in [-0.2, -0.15) is 0 Å². The average Bonchev–Trinajstić information content (AvgIpc) is 3.36. The molecule has 0 unspecified atom stereocenters. The van der Waals surface area contributed by atoms with Gasteiger partial charge in [-0.3, -0.25) is 9.78 Å². The average molecular weight is 373 g/mol. The van der Waals surface area contributed by atoms with Crippen LogP contribution in [-0.2, 0) is 11.2 Å². The molecule has 0 radical (unpaired) electrons. The SMILES string of the molecule is Nc1nc(C#CCNC(=O)Cc2ccncc2)cn2nc(-c3ccco3)nc12. The first-order valence-electron chi connectivity index (χ1n) is 8.40. The molecule has 4 aromatic heterocycles. The monoisotopic (exact) mass is 373 g/mol. The van der Waals surface area contributed by atoms with E-state index < -0.39 is 0 Å². The second-order valence-electron chi connectivity index (χ2n) is 5.80. The van der Waals surface area contributed by atoms with Gasteiger partial charge in [-0.05, 0) is 35.7 Å². The Balaban J connectivity index is 1.43. The molecule has 4 aromatic rings. The van der Waals surface area contributed by atoms with Crippen LogP contribution >= 0.6 is 0 Å². The molecule has 0 atom stereocenters. The third-order valence-electron chi connectivity index (χ3n) is 3.79. The number of hydrogen-bond donors (Lipinski definition) is 2. The molecular weight excluding hydrogens is 358 g/mol. The fraction of sp³-hybridized carbons (Fsp3) is 0.105. The standard InChI is InChI=1S/C19H15N7O2/c20-17-19-24-18(15-4-2-10-28-15)25-26(19)12-14(23-17)3-1-7-22-16(27)11-13-5-8-21-9-6-13/h2,4-6,8-10,12H,7,11H2,(H2,20,23)(H,22,27). The zero-order chi connectivity index (χ0) is 19.3. The van der Waals surface area contributed by atoms with Gasteiger partial charge in [-0.15, -0.1) is 5.10 Å². The first-order chi connectivity index (χ1) is 13.7. The van der Waals surface area contributed by atoms with Gasteiger partial charge in [-0.1, -0.05) is 5.92 Å². The van der Waals surface area contributed by atoms with Crippen molar-refractivity contribution < 1.29 is 9.21 Å². The third kappa shape index (κ3) is 3.81. The van der Waals surface area contributed by atoms with E-state index in [0.29, 0.717) is 22.9 Å². The lowest BCUT2D eigenvalue weighted by molar-refractivity contribution is -0.120. The molecule has 0 aliphatic heterocycles. The summed E-state index contributed by atoms with van der Waals surface area (Å²) in [6.07, 6.45) is 6.74. The molecule has 138 valence electrons. The summed E-state index contributed by atoms with van der Waals surface area (Å²) in [5.41, 5.74) is 7.68. The van der Waals surface area contributed by atoms with Crippen LogP contribution in [0.25, 0.3) is 17.2 Å². The van der Waals surface area contributed by atoms with Crippen molar-refractivity contribution in [3.8, 4) is 23.4 Å². The van der Waals surface area contributed by atoms with Crippen molar-refractivity contribution in [3.05, 3.63) is 60.4 Å². The van der Waals surface area contributed by atoms with Gasteiger partial charge in [0.25, 0.3) is 0 Å². The van der Waals surface area contributed by atoms with Gasteiger partial charge in [0, 0.05) is 12.4 Å². The lowest BCUT2D eigenvalue weighted by Gasteiger charge is -2.01. The molecule has 4 rings (SSSR count). The van der Waals surface area contributed by atoms with Gasteiger partial charge < -0.3 is 15.5 Å². The Morgan fingerprint density at radius 1 is 1.25 bits per heavy atom. The maximum Gasteiger partial charge on any atom is 0.225 e. The second kappa shape index (κ2) is 7.59. The first-order valence-corrected chi connectivity index (χ1v) is 8.40. The zero-order valence-corrected chi connectivity index (χ0v) is 14.7. The number of furan rings is 1. The lowest BCUT2D eigenvalue weighted by Crippen LogP contribution is -2.25. The quantitative estimate of drug-likeness (QED) is 0.513. The molecule has 0 spiro atoms. The Hall–Kier alpha value is -4.19. The number of fused-ring (bicyclic) bond motifs is 1. The maximum absolute atomic E-state index is 11.9. The molecule has 28 heavy (non-hydrogen) atoms. The van der Waals surface area contributed by atoms with Crippen LogP contribution in [0.5, 0.6) is 0 Å². The first kappa shape index (κ1) is 17.2. The number of hydrogen-bond acceptors (Lipinski definition) is 7. The predicted molar refractivity (Wildman–Crippen MR) is 101 cm³/mol. The van der Waals surface area contributed by atoms with Gasteiger partial charge >= 0.3 is 0 Å². The zero-order valence-electron chi connectivity index (χ0n) is 14.7. The highest BCUT2D eigenvalue weighted by Gasteiger charge is 2.12. The Morgan fingerprint density at radius 2 is 2.11 bits per heavy atom. The van der Waals surface area contributed by atoms with E-state index in [1.165, 1.54) is 4.52 Å². The van der Waals surface area contributed by atoms with Crippen molar-refractivity contribution in [1.82, 2.24) is 29.9 Å². The van der Waals surface area contributed by atoms with Crippen LogP contribution in [0.2, 0.25) is 0 Å². The summed E-state index contributed by atoms with van der Waals surface area (Å²) in [6, 6.07) is 7.10. The van der Waals surface area contributed by atoms with Crippen molar-refractivity contribution in [2.75, 3.05) is 12.3 Å². The maximum atomic E-state index is 11.9. The highest BCUT2D eigenvalue weighted by atomic mass is 16.3. The van der Waals surface area contributed by atoms with Crippen molar-refractivity contribution in [3.63, 3.8) is 0 Å². The molecule has 0 saturated carbocycles. The summed E-state index contributed by atoms with van der Waals surface area (Å²) < 4.78 is 6.80. The van der Waals surface area contributed by atoms with E-state index in [1.54, 1.807) is 49.1 Å². The molecule has 0 aliphatic carbocycles. The highest BCUT2D eigenvalue weighted by Crippen LogP contribution is 2.18. The summed E-state index contributed by atoms with van der Waals surface area (Å²) in [4.78, 5) is 24.3. The Bertz CT molecular complexity index is 1170. The number of amides is 1. The summed E-state index contributed by atoms with van der Waals surface area (Å²) in [7, 11) is 0. The molecule has 9 nitrogen and oxygen atoms in total. The minimum absolute atomic E-state index is 0.122. The van der Waals surface area contributed by atoms with Gasteiger partial charge in [0.05, 0.1) is 25.4 Å². The topological polar surface area (TPSA) is 124 Å². The van der Waals surface area contributed by atoms with E-state index in [9.17, 15) is 4.79 Å². The van der Waals surface area contributed by atoms with Gasteiger partial charge in [-0.25, -0.2) is 14.5 Å². The predicted octanol–water partition coefficient (Wildman–Crippen LogP) is 1.07. The van der Waals surface area contributed by atoms with Gasteiger partial charge in [0.1, 0.15) is 5.69 Å². The Labute approximate surface area is 159 Å². The number of carbonyl (C=O) groups excluding carboxylic acids is 1. The highest BCUT2D eigenvalue weighted by molar-refractivity contribution is 5.78. The van der Waals surface area contributed by atoms with Crippen LogP contribution in [0.4, 0.5) is 5.82 Å². The third-order valence-corrected chi connectivity index (χ3v) is 3.79. The minimum atomic E-state index is -0.122. The molecule has 3 N–H and O–H groups in total. The molecule has 4 heterocycles. The van der Waals surface area contributed by atoms with E-state index in [0.717, 1.165) is 5.56 Å². The van der Waals surface area contributed by atoms with Crippen molar-refractivity contribution in [2.45, 2.75) is 6.42 Å². The fourth-order valence-corrected chi connectivity index (χ4v) is 2.51. The normalized spacial score (nSPS) is 10.4. The molecule has 9 heteroatoms. The van der Waals surface area contributed by atoms with Crippen molar-refractivity contribution in [1.29, 1.82) is 0 Å². The van der Waals surface area contributed by atoms with E-state index in [-0.39, 0.29) is 24.7 Å². The molecule has 0 bridgehead atoms. The number of aromatic nitrogens is 5. The summed E-state index contributed by atoms with van der Waals surface area (Å²) in [5.74, 6) is 6.74. The van der Waals surface area contributed by atoms with Crippen LogP contribution < -0.4 is 11.1 Å². The van der Waals surface area contributed by atoms with Crippen LogP contribution in [-0.4, -0.2) is 37.0 Å². The van der Waals surface area contributed by atoms with Crippen LogP contribution in [0.15, 0.2) is 53.5 Å². The fourth-order valence-electron chi connectivity index (χ4n) is 2.51. The number of nitrogens with zero attached hydrogens (tertiary/aromatic N) is 5. The number of nitrogens with two attached hydrogens (primary N) is 1. The van der Waals surface area contributed by atoms with Gasteiger partial charge in [0.15, 0.2) is 17.2 Å². The van der Waals surface area contributed by atoms with Crippen molar-refractivity contribution in [2.24, 2.45) is 0 Å². The molecule has 0 saturated heterocycles. The molecule has 0 aromatic carbocycles. The van der Waals surface area contributed by atoms with Gasteiger partial charge in [0.2, 0.25) is 11.7 Å². The van der Waals surface area contributed by atoms with E-state index >= 15 is 0 Å². The lowest BCUT2D eigenvalue weighted by atomic mass is 10.2. The summed E-state index contributed by atoms with van der Waals surface area (Å²) in [5, 5.41) is 7.07. The number of nitrogen functional groups attached to an aromatic ring is 1. The van der Waals surface area contributed by atoms with Crippen LogP contribution in [0.3, 0.4) is 0 Å². The number of anilines is 1. The minimum Gasteiger partial charge on any atom is -0.461 e. The molecule has 1 amide bonds. The summed E-state index contributed by atoms with van der Waals surface area (Å²) in [6.45, 7) is 0.193. The Morgan fingerprint density at radius 3 is 2.89 bits per heavy atom. The smallest absolute Gasteiger partial charge is 0.225 e. The largest absolute Gasteiger partial charge is 0.461 e. The molecule has 0 fully saturated rings. The van der Waals surface area contributed by atoms with E-state index in [1.807, 2.05) is 0 Å². The number of pyridine rings is 1. The van der Waals surface area contributed by atoms with Crippen molar-refractivity contribution >= 4 is 17.4 Å². The molecular formula is C19H15N7O2. The molecule has 0 aliphatic rings. The summed E-state index contributed by atoms with van der Waals surface area (Å²) >= 11 is 0. The van der Waals surface area contributed by atoms with E-state index in [4.69, 9.17) is 10.2 Å². The number of nitrogens with one attached hydrogen (secondary N) is 1.